The maximum Gasteiger partial charge on any atom is 0.311 e. The minimum Gasteiger partial charge on any atom is -0.465 e. The number of aliphatic hydroxyl groups is 1. The van der Waals surface area contributed by atoms with Crippen LogP contribution < -0.4 is 0 Å². The zero-order valence-electron chi connectivity index (χ0n) is 37.7. The van der Waals surface area contributed by atoms with E-state index in [0.717, 1.165) is 49.7 Å². The molecule has 0 bridgehead atoms. The molecule has 0 spiro atoms. The minimum absolute atomic E-state index is 0.00636. The maximum absolute atomic E-state index is 12.1. The molecule has 3 rings (SSSR count). The largest absolute Gasteiger partial charge is 0.465 e. The Morgan fingerprint density at radius 1 is 0.873 bits per heavy atom. The van der Waals surface area contributed by atoms with E-state index in [9.17, 15) is 9.90 Å². The summed E-state index contributed by atoms with van der Waals surface area (Å²) < 4.78 is 45.5. The number of carbonyl (C=O) groups excluding carboxylic acids is 1. The van der Waals surface area contributed by atoms with Crippen LogP contribution in [0.1, 0.15) is 121 Å². The molecular weight excluding hydrogens is 729 g/mol. The Morgan fingerprint density at radius 3 is 2.05 bits per heavy atom. The highest BCUT2D eigenvalue weighted by molar-refractivity contribution is 6.74. The van der Waals surface area contributed by atoms with Gasteiger partial charge in [0.1, 0.15) is 0 Å². The number of hydrogen-bond acceptors (Lipinski definition) is 9. The lowest BCUT2D eigenvalue weighted by atomic mass is 9.83. The number of ether oxygens (including phenoxy) is 5. The fourth-order valence-corrected chi connectivity index (χ4v) is 9.88. The van der Waals surface area contributed by atoms with E-state index in [4.69, 9.17) is 32.5 Å². The number of methoxy groups -OCH3 is 1. The SMILES string of the molecule is C=C1C[C@H](CCCOC(=O)C(C)(C)C)O[C@H]1CC[C@H]1C[C@@H](C)C(=C)[C@@H](C[C@@H]2O[C@H](C[C@@H](CO[Si](C)(C)C(C)(C)C)O[Si](C)(C)C(C)(C)C)[C@H](OC)[C@H]2CO)O1. The van der Waals surface area contributed by atoms with Crippen LogP contribution >= 0.6 is 0 Å². The molecule has 3 saturated heterocycles. The van der Waals surface area contributed by atoms with Gasteiger partial charge >= 0.3 is 5.97 Å². The molecule has 0 aromatic heterocycles. The van der Waals surface area contributed by atoms with E-state index in [1.165, 1.54) is 0 Å². The minimum atomic E-state index is -2.13. The molecule has 3 fully saturated rings. The number of esters is 1. The Balaban J connectivity index is 1.64. The van der Waals surface area contributed by atoms with Gasteiger partial charge in [0.15, 0.2) is 16.6 Å². The van der Waals surface area contributed by atoms with E-state index in [1.807, 2.05) is 20.8 Å². The van der Waals surface area contributed by atoms with E-state index in [1.54, 1.807) is 7.11 Å². The first-order chi connectivity index (χ1) is 25.2. The standard InChI is InChI=1S/C44H82O9Si2/c1-29-23-33(20-21-36-30(2)24-32(50-36)19-18-22-48-41(46)42(4,5)6)51-37(31(29)3)26-38-35(27-45)40(47-13)39(52-38)25-34(53-55(16,17)44(10,11)12)28-49-54(14,15)43(7,8)9/h29,32-40,45H,2-3,18-28H2,1,4-17H3/t29-,32+,33+,34+,35+,36+,37-,38+,39-,40-/m1/s1. The van der Waals surface area contributed by atoms with Gasteiger partial charge in [0.05, 0.1) is 74.1 Å². The monoisotopic (exact) mass is 811 g/mol. The summed E-state index contributed by atoms with van der Waals surface area (Å²) in [5.74, 6) is -0.0589. The lowest BCUT2D eigenvalue weighted by molar-refractivity contribution is -0.153. The van der Waals surface area contributed by atoms with Crippen LogP contribution in [-0.2, 0) is 37.3 Å². The first-order valence-corrected chi connectivity index (χ1v) is 27.0. The smallest absolute Gasteiger partial charge is 0.311 e. The zero-order valence-corrected chi connectivity index (χ0v) is 39.7. The molecule has 0 unspecified atom stereocenters. The van der Waals surface area contributed by atoms with E-state index >= 15 is 0 Å². The van der Waals surface area contributed by atoms with Crippen LogP contribution in [0.15, 0.2) is 24.3 Å². The van der Waals surface area contributed by atoms with Crippen LogP contribution in [0.5, 0.6) is 0 Å². The van der Waals surface area contributed by atoms with Gasteiger partial charge in [-0.1, -0.05) is 61.6 Å². The molecule has 0 aromatic carbocycles. The Bertz CT molecular complexity index is 1260. The van der Waals surface area contributed by atoms with Gasteiger partial charge in [0.2, 0.25) is 0 Å². The number of hydrogen-bond donors (Lipinski definition) is 1. The van der Waals surface area contributed by atoms with Crippen LogP contribution in [-0.4, -0.2) is 103 Å². The van der Waals surface area contributed by atoms with Gasteiger partial charge in [-0.2, -0.15) is 0 Å². The van der Waals surface area contributed by atoms with Crippen molar-refractivity contribution in [2.75, 3.05) is 26.9 Å². The Hall–Kier alpha value is -0.896. The number of rotatable bonds is 18. The average molecular weight is 811 g/mol. The van der Waals surface area contributed by atoms with Crippen LogP contribution in [0.25, 0.3) is 0 Å². The van der Waals surface area contributed by atoms with Crippen molar-refractivity contribution in [3.63, 3.8) is 0 Å². The quantitative estimate of drug-likeness (QED) is 0.0628. The van der Waals surface area contributed by atoms with E-state index in [2.05, 4.69) is 87.8 Å². The summed E-state index contributed by atoms with van der Waals surface area (Å²) in [6, 6.07) is 0. The predicted molar refractivity (Wildman–Crippen MR) is 227 cm³/mol. The van der Waals surface area contributed by atoms with E-state index in [-0.39, 0.29) is 77.4 Å². The van der Waals surface area contributed by atoms with Crippen molar-refractivity contribution in [1.82, 2.24) is 0 Å². The summed E-state index contributed by atoms with van der Waals surface area (Å²) in [5, 5.41) is 10.9. The zero-order chi connectivity index (χ0) is 41.7. The lowest BCUT2D eigenvalue weighted by Crippen LogP contribution is -2.49. The second-order valence-corrected chi connectivity index (χ2v) is 30.5. The summed E-state index contributed by atoms with van der Waals surface area (Å²) in [4.78, 5) is 12.1. The van der Waals surface area contributed by atoms with Crippen molar-refractivity contribution >= 4 is 22.6 Å². The molecule has 11 heteroatoms. The predicted octanol–water partition coefficient (Wildman–Crippen LogP) is 9.78. The van der Waals surface area contributed by atoms with Gasteiger partial charge in [0, 0.05) is 25.9 Å². The highest BCUT2D eigenvalue weighted by Crippen LogP contribution is 2.43. The second-order valence-electron chi connectivity index (χ2n) is 21.0. The Morgan fingerprint density at radius 2 is 1.49 bits per heavy atom. The van der Waals surface area contributed by atoms with Gasteiger partial charge in [-0.05, 0) is 113 Å². The highest BCUT2D eigenvalue weighted by Gasteiger charge is 2.49. The van der Waals surface area contributed by atoms with Crippen molar-refractivity contribution in [2.45, 2.75) is 206 Å². The average Bonchev–Trinajstić information content (AvgIpc) is 3.58. The fraction of sp³-hybridized carbons (Fsp3) is 0.886. The molecular formula is C44H82O9Si2. The summed E-state index contributed by atoms with van der Waals surface area (Å²) in [6.45, 7) is 40.3. The third kappa shape index (κ3) is 13.3. The summed E-state index contributed by atoms with van der Waals surface area (Å²) in [6.07, 6.45) is 5.41. The summed E-state index contributed by atoms with van der Waals surface area (Å²) in [5.41, 5.74) is 1.73. The molecule has 9 nitrogen and oxygen atoms in total. The number of aliphatic hydroxyl groups excluding tert-OH is 1. The van der Waals surface area contributed by atoms with E-state index in [0.29, 0.717) is 32.0 Å². The Labute approximate surface area is 338 Å². The first-order valence-electron chi connectivity index (χ1n) is 21.2. The third-order valence-corrected chi connectivity index (χ3v) is 22.4. The number of carbonyl (C=O) groups is 1. The van der Waals surface area contributed by atoms with Gasteiger partial charge in [-0.15, -0.1) is 0 Å². The third-order valence-electron chi connectivity index (χ3n) is 13.3. The second kappa shape index (κ2) is 19.4. The lowest BCUT2D eigenvalue weighted by Gasteiger charge is -2.42. The van der Waals surface area contributed by atoms with Gasteiger partial charge < -0.3 is 37.6 Å². The summed E-state index contributed by atoms with van der Waals surface area (Å²) >= 11 is 0. The summed E-state index contributed by atoms with van der Waals surface area (Å²) in [7, 11) is -2.43. The Kier molecular flexibility index (Phi) is 17.1. The molecule has 3 heterocycles. The molecule has 0 radical (unpaired) electrons. The van der Waals surface area contributed by atoms with Crippen molar-refractivity contribution in [2.24, 2.45) is 17.3 Å². The van der Waals surface area contributed by atoms with Crippen LogP contribution in [0.4, 0.5) is 0 Å². The molecule has 3 aliphatic heterocycles. The molecule has 0 aromatic rings. The van der Waals surface area contributed by atoms with Crippen molar-refractivity contribution in [1.29, 1.82) is 0 Å². The molecule has 0 aliphatic carbocycles. The highest BCUT2D eigenvalue weighted by atomic mass is 28.4. The topological polar surface area (TPSA) is 102 Å². The van der Waals surface area contributed by atoms with Crippen LogP contribution in [0, 0.1) is 17.3 Å². The molecule has 320 valence electrons. The van der Waals surface area contributed by atoms with Gasteiger partial charge in [-0.3, -0.25) is 4.79 Å². The fourth-order valence-electron chi connectivity index (χ4n) is 7.49. The van der Waals surface area contributed by atoms with Gasteiger partial charge in [-0.25, -0.2) is 0 Å². The molecule has 55 heavy (non-hydrogen) atoms. The molecule has 0 amide bonds. The van der Waals surface area contributed by atoms with Crippen LogP contribution in [0.3, 0.4) is 0 Å². The molecule has 10 atom stereocenters. The van der Waals surface area contributed by atoms with Crippen LogP contribution in [0.2, 0.25) is 36.3 Å². The van der Waals surface area contributed by atoms with Crippen molar-refractivity contribution in [3.8, 4) is 0 Å². The van der Waals surface area contributed by atoms with E-state index < -0.39 is 22.0 Å². The van der Waals surface area contributed by atoms with Crippen molar-refractivity contribution < 1.29 is 42.4 Å². The molecule has 1 N–H and O–H groups in total. The molecule has 3 aliphatic rings. The molecule has 0 saturated carbocycles. The normalized spacial score (nSPS) is 30.6. The van der Waals surface area contributed by atoms with Gasteiger partial charge in [0.25, 0.3) is 0 Å². The first kappa shape index (κ1) is 48.5. The maximum atomic E-state index is 12.1. The van der Waals surface area contributed by atoms with Crippen molar-refractivity contribution in [3.05, 3.63) is 24.3 Å².